The number of ketones is 2. The molecule has 0 amide bonds. The maximum Gasteiger partial charge on any atom is 0.323 e. The molecule has 0 fully saturated rings. The Morgan fingerprint density at radius 1 is 1.60 bits per heavy atom. The molecule has 0 aromatic heterocycles. The van der Waals surface area contributed by atoms with Crippen molar-refractivity contribution in [3.63, 3.8) is 0 Å². The van der Waals surface area contributed by atoms with Crippen molar-refractivity contribution in [2.75, 3.05) is 6.61 Å². The Morgan fingerprint density at radius 2 is 2.20 bits per heavy atom. The molecule has 15 heavy (non-hydrogen) atoms. The molecule has 0 aliphatic heterocycles. The molecule has 1 unspecified atom stereocenters. The van der Waals surface area contributed by atoms with Crippen LogP contribution in [-0.4, -0.2) is 29.9 Å². The van der Waals surface area contributed by atoms with E-state index >= 15 is 0 Å². The second-order valence-corrected chi connectivity index (χ2v) is 2.93. The molecule has 0 saturated carbocycles. The van der Waals surface area contributed by atoms with Crippen LogP contribution in [0.3, 0.4) is 0 Å². The number of carbonyl (C=O) groups is 3. The summed E-state index contributed by atoms with van der Waals surface area (Å²) >= 11 is 0. The van der Waals surface area contributed by atoms with Crippen LogP contribution in [0.25, 0.3) is 0 Å². The van der Waals surface area contributed by atoms with E-state index in [0.717, 1.165) is 6.08 Å². The summed E-state index contributed by atoms with van der Waals surface area (Å²) in [4.78, 5) is 33.8. The van der Waals surface area contributed by atoms with E-state index in [-0.39, 0.29) is 12.3 Å². The molecule has 6 heteroatoms. The van der Waals surface area contributed by atoms with Crippen LogP contribution in [0.2, 0.25) is 0 Å². The van der Waals surface area contributed by atoms with E-state index in [1.807, 2.05) is 0 Å². The maximum absolute atomic E-state index is 11.4. The number of hydrogen-bond donors (Lipinski definition) is 2. The fourth-order valence-electron chi connectivity index (χ4n) is 1.18. The first-order chi connectivity index (χ1) is 6.99. The predicted molar refractivity (Wildman–Crippen MR) is 50.1 cm³/mol. The summed E-state index contributed by atoms with van der Waals surface area (Å²) in [6.45, 7) is 1.64. The normalized spacial score (nSPS) is 21.3. The second kappa shape index (κ2) is 4.04. The Bertz CT molecular complexity index is 384. The van der Waals surface area contributed by atoms with Crippen molar-refractivity contribution in [2.24, 2.45) is 11.7 Å². The quantitative estimate of drug-likeness (QED) is 0.457. The second-order valence-electron chi connectivity index (χ2n) is 2.93. The van der Waals surface area contributed by atoms with E-state index in [4.69, 9.17) is 11.1 Å². The summed E-state index contributed by atoms with van der Waals surface area (Å²) in [7, 11) is 0. The molecule has 1 aliphatic rings. The van der Waals surface area contributed by atoms with Crippen LogP contribution in [0.5, 0.6) is 0 Å². The topological polar surface area (TPSA) is 110 Å². The van der Waals surface area contributed by atoms with Crippen LogP contribution in [-0.2, 0) is 19.1 Å². The third-order valence-corrected chi connectivity index (χ3v) is 1.91. The minimum atomic E-state index is -1.50. The average Bonchev–Trinajstić information content (AvgIpc) is 2.16. The molecule has 0 heterocycles. The Kier molecular flexibility index (Phi) is 2.99. The fourth-order valence-corrected chi connectivity index (χ4v) is 1.18. The van der Waals surface area contributed by atoms with Gasteiger partial charge in [-0.1, -0.05) is 0 Å². The highest BCUT2D eigenvalue weighted by Gasteiger charge is 2.39. The van der Waals surface area contributed by atoms with Gasteiger partial charge in [0.25, 0.3) is 0 Å². The molecule has 0 radical (unpaired) electrons. The molecular weight excluding hydrogens is 200 g/mol. The van der Waals surface area contributed by atoms with Crippen molar-refractivity contribution in [1.29, 1.82) is 5.41 Å². The molecule has 0 spiro atoms. The van der Waals surface area contributed by atoms with Crippen LogP contribution in [0.15, 0.2) is 11.8 Å². The van der Waals surface area contributed by atoms with Crippen LogP contribution in [0, 0.1) is 11.3 Å². The Morgan fingerprint density at radius 3 is 2.73 bits per heavy atom. The summed E-state index contributed by atoms with van der Waals surface area (Å²) in [5, 5.41) is 7.31. The van der Waals surface area contributed by atoms with Gasteiger partial charge in [-0.2, -0.15) is 0 Å². The predicted octanol–water partition coefficient (Wildman–Crippen LogP) is -0.820. The molecule has 0 aromatic carbocycles. The number of ether oxygens (including phenoxy) is 1. The standard InChI is InChI=1S/C9H10N2O4/c1-2-15-9(14)6-7(11)5(12)3-4(10)8(6)13/h3,6,11H,2,10H2,1H3. The molecule has 0 bridgehead atoms. The molecule has 1 atom stereocenters. The van der Waals surface area contributed by atoms with Crippen molar-refractivity contribution in [1.82, 2.24) is 0 Å². The van der Waals surface area contributed by atoms with E-state index in [0.29, 0.717) is 0 Å². The lowest BCUT2D eigenvalue weighted by molar-refractivity contribution is -0.148. The van der Waals surface area contributed by atoms with Crippen molar-refractivity contribution in [2.45, 2.75) is 6.92 Å². The summed E-state index contributed by atoms with van der Waals surface area (Å²) in [5.41, 5.74) is 4.34. The smallest absolute Gasteiger partial charge is 0.323 e. The first kappa shape index (κ1) is 11.1. The van der Waals surface area contributed by atoms with E-state index in [9.17, 15) is 14.4 Å². The molecule has 1 rings (SSSR count). The summed E-state index contributed by atoms with van der Waals surface area (Å²) in [5.74, 6) is -3.89. The number of esters is 1. The zero-order valence-electron chi connectivity index (χ0n) is 8.07. The molecule has 1 aliphatic carbocycles. The zero-order chi connectivity index (χ0) is 11.6. The average molecular weight is 210 g/mol. The van der Waals surface area contributed by atoms with E-state index in [1.54, 1.807) is 6.92 Å². The van der Waals surface area contributed by atoms with Crippen LogP contribution >= 0.6 is 0 Å². The molecule has 3 N–H and O–H groups in total. The van der Waals surface area contributed by atoms with Gasteiger partial charge >= 0.3 is 5.97 Å². The minimum absolute atomic E-state index is 0.0771. The van der Waals surface area contributed by atoms with Gasteiger partial charge in [0.1, 0.15) is 5.71 Å². The SMILES string of the molecule is CCOC(=O)C1C(=N)C(=O)C=C(N)C1=O. The number of hydrogen-bond acceptors (Lipinski definition) is 6. The van der Waals surface area contributed by atoms with E-state index < -0.39 is 29.2 Å². The Balaban J connectivity index is 3.03. The third-order valence-electron chi connectivity index (χ3n) is 1.91. The molecular formula is C9H10N2O4. The molecule has 80 valence electrons. The van der Waals surface area contributed by atoms with Crippen LogP contribution < -0.4 is 5.73 Å². The van der Waals surface area contributed by atoms with Gasteiger partial charge in [-0.15, -0.1) is 0 Å². The number of nitrogens with one attached hydrogen (secondary N) is 1. The first-order valence-electron chi connectivity index (χ1n) is 4.29. The highest BCUT2D eigenvalue weighted by molar-refractivity contribution is 6.53. The molecule has 6 nitrogen and oxygen atoms in total. The van der Waals surface area contributed by atoms with Gasteiger partial charge in [0.05, 0.1) is 12.3 Å². The van der Waals surface area contributed by atoms with Crippen molar-refractivity contribution in [3.8, 4) is 0 Å². The first-order valence-corrected chi connectivity index (χ1v) is 4.29. The fraction of sp³-hybridized carbons (Fsp3) is 0.333. The van der Waals surface area contributed by atoms with Gasteiger partial charge in [-0.05, 0) is 6.92 Å². The minimum Gasteiger partial charge on any atom is -0.465 e. The maximum atomic E-state index is 11.4. The molecule has 0 saturated heterocycles. The van der Waals surface area contributed by atoms with Gasteiger partial charge in [0.2, 0.25) is 5.78 Å². The Labute approximate surface area is 85.6 Å². The number of rotatable bonds is 2. The number of carbonyl (C=O) groups excluding carboxylic acids is 3. The molecule has 0 aromatic rings. The van der Waals surface area contributed by atoms with Gasteiger partial charge < -0.3 is 10.5 Å². The summed E-state index contributed by atoms with van der Waals surface area (Å²) in [6.07, 6.45) is 0.848. The lowest BCUT2D eigenvalue weighted by atomic mass is 9.88. The van der Waals surface area contributed by atoms with Gasteiger partial charge in [-0.25, -0.2) is 0 Å². The van der Waals surface area contributed by atoms with Crippen LogP contribution in [0.1, 0.15) is 6.92 Å². The Hall–Kier alpha value is -1.98. The third kappa shape index (κ3) is 1.93. The van der Waals surface area contributed by atoms with Crippen molar-refractivity contribution < 1.29 is 19.1 Å². The highest BCUT2D eigenvalue weighted by atomic mass is 16.5. The van der Waals surface area contributed by atoms with E-state index in [1.165, 1.54) is 0 Å². The highest BCUT2D eigenvalue weighted by Crippen LogP contribution is 2.14. The summed E-state index contributed by atoms with van der Waals surface area (Å²) in [6, 6.07) is 0. The van der Waals surface area contributed by atoms with Crippen molar-refractivity contribution >= 4 is 23.2 Å². The zero-order valence-corrected chi connectivity index (χ0v) is 8.07. The van der Waals surface area contributed by atoms with E-state index in [2.05, 4.69) is 4.74 Å². The lowest BCUT2D eigenvalue weighted by Gasteiger charge is -2.17. The summed E-state index contributed by atoms with van der Waals surface area (Å²) < 4.78 is 4.58. The van der Waals surface area contributed by atoms with Crippen LogP contribution in [0.4, 0.5) is 0 Å². The number of allylic oxidation sites excluding steroid dienone is 2. The van der Waals surface area contributed by atoms with Gasteiger partial charge in [0.15, 0.2) is 11.7 Å². The van der Waals surface area contributed by atoms with Crippen molar-refractivity contribution in [3.05, 3.63) is 11.8 Å². The number of Topliss-reactive ketones (excluding diaryl/α,β-unsaturated/α-hetero) is 1. The monoisotopic (exact) mass is 210 g/mol. The lowest BCUT2D eigenvalue weighted by Crippen LogP contribution is -2.42. The van der Waals surface area contributed by atoms with Gasteiger partial charge in [-0.3, -0.25) is 19.8 Å². The largest absolute Gasteiger partial charge is 0.465 e. The number of nitrogens with two attached hydrogens (primary N) is 1. The van der Waals surface area contributed by atoms with Gasteiger partial charge in [0, 0.05) is 6.08 Å².